The number of hydrogen-bond acceptors (Lipinski definition) is 1. The van der Waals surface area contributed by atoms with Gasteiger partial charge in [-0.2, -0.15) is 0 Å². The molecule has 0 fully saturated rings. The summed E-state index contributed by atoms with van der Waals surface area (Å²) >= 11 is 0. The summed E-state index contributed by atoms with van der Waals surface area (Å²) in [6.07, 6.45) is 3.57. The summed E-state index contributed by atoms with van der Waals surface area (Å²) in [6, 6.07) is 1.29. The Morgan fingerprint density at radius 2 is 1.57 bits per heavy atom. The Kier molecular flexibility index (Phi) is 6.90. The van der Waals surface area contributed by atoms with E-state index in [4.69, 9.17) is 0 Å². The molecule has 0 aromatic heterocycles. The summed E-state index contributed by atoms with van der Waals surface area (Å²) in [7, 11) is 0. The van der Waals surface area contributed by atoms with Gasteiger partial charge in [0.2, 0.25) is 0 Å². The fourth-order valence-corrected chi connectivity index (χ4v) is 1.88. The lowest BCUT2D eigenvalue weighted by Gasteiger charge is -2.30. The molecule has 0 aliphatic heterocycles. The van der Waals surface area contributed by atoms with Gasteiger partial charge >= 0.3 is 0 Å². The Bertz CT molecular complexity index is 151. The van der Waals surface area contributed by atoms with Crippen LogP contribution in [-0.2, 0) is 0 Å². The van der Waals surface area contributed by atoms with Crippen molar-refractivity contribution in [2.75, 3.05) is 6.54 Å². The third-order valence-electron chi connectivity index (χ3n) is 2.65. The zero-order valence-corrected chi connectivity index (χ0v) is 10.6. The predicted molar refractivity (Wildman–Crippen MR) is 65.6 cm³/mol. The molecule has 84 valence electrons. The Labute approximate surface area is 90.2 Å². The molecule has 0 radical (unpaired) electrons. The second-order valence-electron chi connectivity index (χ2n) is 4.68. The normalized spacial score (nSPS) is 11.7. The van der Waals surface area contributed by atoms with Crippen molar-refractivity contribution in [2.24, 2.45) is 0 Å². The van der Waals surface area contributed by atoms with E-state index in [-0.39, 0.29) is 0 Å². The molecule has 0 unspecified atom stereocenters. The Hall–Kier alpha value is -0.300. The summed E-state index contributed by atoms with van der Waals surface area (Å²) in [5, 5.41) is 0. The standard InChI is InChI=1S/C13H27N/c1-7-8-13(6)9-10-14(11(2)3)12(4)5/h11-12H,6-10H2,1-5H3. The molecule has 0 aliphatic carbocycles. The average molecular weight is 197 g/mol. The van der Waals surface area contributed by atoms with E-state index in [1.807, 2.05) is 0 Å². The first-order valence-corrected chi connectivity index (χ1v) is 5.91. The lowest BCUT2D eigenvalue weighted by molar-refractivity contribution is 0.177. The van der Waals surface area contributed by atoms with E-state index >= 15 is 0 Å². The van der Waals surface area contributed by atoms with E-state index in [0.29, 0.717) is 12.1 Å². The minimum Gasteiger partial charge on any atom is -0.298 e. The summed E-state index contributed by atoms with van der Waals surface area (Å²) in [5.74, 6) is 0. The average Bonchev–Trinajstić information content (AvgIpc) is 2.03. The molecule has 0 atom stereocenters. The number of rotatable bonds is 7. The second-order valence-corrected chi connectivity index (χ2v) is 4.68. The van der Waals surface area contributed by atoms with E-state index in [1.165, 1.54) is 18.4 Å². The van der Waals surface area contributed by atoms with Gasteiger partial charge in [0.1, 0.15) is 0 Å². The van der Waals surface area contributed by atoms with Crippen LogP contribution in [0.25, 0.3) is 0 Å². The van der Waals surface area contributed by atoms with Gasteiger partial charge in [0.15, 0.2) is 0 Å². The van der Waals surface area contributed by atoms with Gasteiger partial charge in [-0.25, -0.2) is 0 Å². The third kappa shape index (κ3) is 5.43. The zero-order chi connectivity index (χ0) is 11.1. The minimum atomic E-state index is 0.643. The number of nitrogens with zero attached hydrogens (tertiary/aromatic N) is 1. The SMILES string of the molecule is C=C(CCC)CCN(C(C)C)C(C)C. The molecule has 0 heterocycles. The van der Waals surface area contributed by atoms with Crippen LogP contribution in [0.4, 0.5) is 0 Å². The maximum absolute atomic E-state index is 4.11. The molecule has 0 rings (SSSR count). The first kappa shape index (κ1) is 13.7. The second kappa shape index (κ2) is 7.05. The van der Waals surface area contributed by atoms with Crippen LogP contribution in [0.2, 0.25) is 0 Å². The summed E-state index contributed by atoms with van der Waals surface area (Å²) in [4.78, 5) is 2.53. The van der Waals surface area contributed by atoms with E-state index in [2.05, 4.69) is 46.1 Å². The van der Waals surface area contributed by atoms with Crippen molar-refractivity contribution in [1.82, 2.24) is 4.90 Å². The van der Waals surface area contributed by atoms with Gasteiger partial charge in [0.05, 0.1) is 0 Å². The highest BCUT2D eigenvalue weighted by molar-refractivity contribution is 4.94. The highest BCUT2D eigenvalue weighted by Crippen LogP contribution is 2.11. The fourth-order valence-electron chi connectivity index (χ4n) is 1.88. The van der Waals surface area contributed by atoms with Gasteiger partial charge < -0.3 is 0 Å². The Balaban J connectivity index is 3.88. The van der Waals surface area contributed by atoms with Crippen LogP contribution in [0.5, 0.6) is 0 Å². The van der Waals surface area contributed by atoms with Crippen LogP contribution in [0.1, 0.15) is 53.9 Å². The van der Waals surface area contributed by atoms with Gasteiger partial charge in [-0.05, 0) is 40.5 Å². The topological polar surface area (TPSA) is 3.24 Å². The largest absolute Gasteiger partial charge is 0.298 e. The Morgan fingerprint density at radius 1 is 1.07 bits per heavy atom. The molecular formula is C13H27N. The Morgan fingerprint density at radius 3 is 1.93 bits per heavy atom. The first-order chi connectivity index (χ1) is 6.49. The zero-order valence-electron chi connectivity index (χ0n) is 10.6. The van der Waals surface area contributed by atoms with E-state index in [9.17, 15) is 0 Å². The summed E-state index contributed by atoms with van der Waals surface area (Å²) in [5.41, 5.74) is 1.40. The van der Waals surface area contributed by atoms with Gasteiger partial charge in [-0.1, -0.05) is 25.5 Å². The van der Waals surface area contributed by atoms with Gasteiger partial charge in [-0.15, -0.1) is 0 Å². The fraction of sp³-hybridized carbons (Fsp3) is 0.846. The lowest BCUT2D eigenvalue weighted by atomic mass is 10.1. The molecule has 1 heteroatoms. The molecule has 0 aromatic rings. The molecule has 0 saturated heterocycles. The van der Waals surface area contributed by atoms with Crippen molar-refractivity contribution in [2.45, 2.75) is 66.0 Å². The van der Waals surface area contributed by atoms with Crippen LogP contribution >= 0.6 is 0 Å². The molecule has 0 spiro atoms. The van der Waals surface area contributed by atoms with Crippen molar-refractivity contribution in [1.29, 1.82) is 0 Å². The van der Waals surface area contributed by atoms with Crippen LogP contribution < -0.4 is 0 Å². The molecule has 0 aliphatic rings. The molecule has 0 saturated carbocycles. The number of hydrogen-bond donors (Lipinski definition) is 0. The molecule has 0 amide bonds. The quantitative estimate of drug-likeness (QED) is 0.560. The maximum Gasteiger partial charge on any atom is 0.00414 e. The van der Waals surface area contributed by atoms with Crippen molar-refractivity contribution < 1.29 is 0 Å². The molecular weight excluding hydrogens is 170 g/mol. The predicted octanol–water partition coefficient (Wildman–Crippen LogP) is 3.85. The van der Waals surface area contributed by atoms with Gasteiger partial charge in [0, 0.05) is 18.6 Å². The van der Waals surface area contributed by atoms with Crippen LogP contribution in [0.3, 0.4) is 0 Å². The van der Waals surface area contributed by atoms with Crippen molar-refractivity contribution >= 4 is 0 Å². The van der Waals surface area contributed by atoms with Crippen molar-refractivity contribution in [3.8, 4) is 0 Å². The molecule has 0 aromatic carbocycles. The van der Waals surface area contributed by atoms with Gasteiger partial charge in [0.25, 0.3) is 0 Å². The van der Waals surface area contributed by atoms with Crippen molar-refractivity contribution in [3.63, 3.8) is 0 Å². The molecule has 0 bridgehead atoms. The van der Waals surface area contributed by atoms with Crippen LogP contribution in [-0.4, -0.2) is 23.5 Å². The van der Waals surface area contributed by atoms with E-state index in [1.54, 1.807) is 0 Å². The lowest BCUT2D eigenvalue weighted by Crippen LogP contribution is -2.37. The monoisotopic (exact) mass is 197 g/mol. The van der Waals surface area contributed by atoms with Crippen molar-refractivity contribution in [3.05, 3.63) is 12.2 Å². The highest BCUT2D eigenvalue weighted by Gasteiger charge is 2.12. The summed E-state index contributed by atoms with van der Waals surface area (Å²) < 4.78 is 0. The smallest absolute Gasteiger partial charge is 0.00414 e. The summed E-state index contributed by atoms with van der Waals surface area (Å²) in [6.45, 7) is 16.6. The first-order valence-electron chi connectivity index (χ1n) is 5.91. The van der Waals surface area contributed by atoms with Crippen LogP contribution in [0.15, 0.2) is 12.2 Å². The molecule has 14 heavy (non-hydrogen) atoms. The maximum atomic E-state index is 4.11. The van der Waals surface area contributed by atoms with E-state index in [0.717, 1.165) is 13.0 Å². The molecule has 0 N–H and O–H groups in total. The molecule has 1 nitrogen and oxygen atoms in total. The highest BCUT2D eigenvalue weighted by atomic mass is 15.2. The minimum absolute atomic E-state index is 0.643. The van der Waals surface area contributed by atoms with Crippen LogP contribution in [0, 0.1) is 0 Å². The van der Waals surface area contributed by atoms with E-state index < -0.39 is 0 Å². The third-order valence-corrected chi connectivity index (χ3v) is 2.65. The van der Waals surface area contributed by atoms with Gasteiger partial charge in [-0.3, -0.25) is 4.90 Å².